The normalized spacial score (nSPS) is 28.5. The summed E-state index contributed by atoms with van der Waals surface area (Å²) in [5, 5.41) is 12.8. The molecule has 1 unspecified atom stereocenters. The zero-order valence-electron chi connectivity index (χ0n) is 8.81. The van der Waals surface area contributed by atoms with Gasteiger partial charge in [-0.3, -0.25) is 0 Å². The third kappa shape index (κ3) is 1.17. The summed E-state index contributed by atoms with van der Waals surface area (Å²) in [5.41, 5.74) is 0.590. The molecule has 0 spiro atoms. The van der Waals surface area contributed by atoms with Crippen LogP contribution in [-0.4, -0.2) is 24.8 Å². The monoisotopic (exact) mass is 171 g/mol. The lowest BCUT2D eigenvalue weighted by molar-refractivity contribution is 0.129. The zero-order valence-corrected chi connectivity index (χ0v) is 8.81. The molecule has 72 valence electrons. The number of hydrogen-bond acceptors (Lipinski definition) is 2. The summed E-state index contributed by atoms with van der Waals surface area (Å²) < 4.78 is 0. The third-order valence-electron chi connectivity index (χ3n) is 3.93. The molecule has 1 atom stereocenters. The van der Waals surface area contributed by atoms with E-state index in [0.717, 1.165) is 0 Å². The van der Waals surface area contributed by atoms with Crippen LogP contribution in [0.4, 0.5) is 0 Å². The van der Waals surface area contributed by atoms with Crippen LogP contribution >= 0.6 is 0 Å². The van der Waals surface area contributed by atoms with E-state index >= 15 is 0 Å². The highest BCUT2D eigenvalue weighted by Crippen LogP contribution is 2.69. The molecule has 12 heavy (non-hydrogen) atoms. The fraction of sp³-hybridized carbons (Fsp3) is 1.00. The van der Waals surface area contributed by atoms with Crippen LogP contribution in [0.1, 0.15) is 27.7 Å². The Morgan fingerprint density at radius 1 is 1.25 bits per heavy atom. The van der Waals surface area contributed by atoms with E-state index in [-0.39, 0.29) is 6.10 Å². The topological polar surface area (TPSA) is 32.3 Å². The summed E-state index contributed by atoms with van der Waals surface area (Å²) >= 11 is 0. The number of aliphatic hydroxyl groups is 1. The van der Waals surface area contributed by atoms with Crippen molar-refractivity contribution in [3.05, 3.63) is 0 Å². The van der Waals surface area contributed by atoms with Gasteiger partial charge in [-0.15, -0.1) is 0 Å². The maximum atomic E-state index is 9.80. The first kappa shape index (κ1) is 10.0. The molecule has 0 aliphatic heterocycles. The predicted molar refractivity (Wildman–Crippen MR) is 51.0 cm³/mol. The highest BCUT2D eigenvalue weighted by Gasteiger charge is 2.66. The van der Waals surface area contributed by atoms with Crippen molar-refractivity contribution in [2.24, 2.45) is 16.7 Å². The van der Waals surface area contributed by atoms with Crippen LogP contribution in [0.25, 0.3) is 0 Å². The molecule has 1 rings (SSSR count). The van der Waals surface area contributed by atoms with Crippen LogP contribution in [0.5, 0.6) is 0 Å². The molecule has 0 heterocycles. The lowest BCUT2D eigenvalue weighted by Crippen LogP contribution is -2.27. The van der Waals surface area contributed by atoms with Crippen molar-refractivity contribution in [2.45, 2.75) is 33.8 Å². The molecule has 0 radical (unpaired) electrons. The van der Waals surface area contributed by atoms with E-state index in [1.54, 1.807) is 0 Å². The summed E-state index contributed by atoms with van der Waals surface area (Å²) in [5.74, 6) is 0.442. The molecule has 2 nitrogen and oxygen atoms in total. The quantitative estimate of drug-likeness (QED) is 0.670. The first-order valence-corrected chi connectivity index (χ1v) is 4.68. The third-order valence-corrected chi connectivity index (χ3v) is 3.93. The summed E-state index contributed by atoms with van der Waals surface area (Å²) in [7, 11) is 1.88. The van der Waals surface area contributed by atoms with Crippen LogP contribution < -0.4 is 5.32 Å². The first-order valence-electron chi connectivity index (χ1n) is 4.68. The Hall–Kier alpha value is -0.0800. The largest absolute Gasteiger partial charge is 0.391 e. The number of aliphatic hydroxyl groups excluding tert-OH is 1. The van der Waals surface area contributed by atoms with E-state index in [1.165, 1.54) is 0 Å². The summed E-state index contributed by atoms with van der Waals surface area (Å²) in [4.78, 5) is 0. The Kier molecular flexibility index (Phi) is 2.26. The lowest BCUT2D eigenvalue weighted by Gasteiger charge is -2.11. The predicted octanol–water partition coefficient (Wildman–Crippen LogP) is 1.25. The highest BCUT2D eigenvalue weighted by atomic mass is 16.3. The molecule has 0 bridgehead atoms. The maximum absolute atomic E-state index is 9.80. The Morgan fingerprint density at radius 2 is 1.67 bits per heavy atom. The van der Waals surface area contributed by atoms with Crippen LogP contribution in [0, 0.1) is 16.7 Å². The van der Waals surface area contributed by atoms with E-state index in [0.29, 0.717) is 23.3 Å². The molecular formula is C10H21NO. The van der Waals surface area contributed by atoms with Gasteiger partial charge >= 0.3 is 0 Å². The van der Waals surface area contributed by atoms with Crippen molar-refractivity contribution in [3.8, 4) is 0 Å². The van der Waals surface area contributed by atoms with E-state index in [9.17, 15) is 5.11 Å². The molecule has 0 aromatic rings. The van der Waals surface area contributed by atoms with Gasteiger partial charge in [0.05, 0.1) is 6.10 Å². The minimum Gasteiger partial charge on any atom is -0.391 e. The smallest absolute Gasteiger partial charge is 0.0703 e. The van der Waals surface area contributed by atoms with Gasteiger partial charge in [0.2, 0.25) is 0 Å². The first-order chi connectivity index (χ1) is 5.35. The van der Waals surface area contributed by atoms with Gasteiger partial charge in [0, 0.05) is 6.54 Å². The lowest BCUT2D eigenvalue weighted by atomic mass is 10.0. The fourth-order valence-corrected chi connectivity index (χ4v) is 2.54. The van der Waals surface area contributed by atoms with Crippen molar-refractivity contribution < 1.29 is 5.11 Å². The molecular weight excluding hydrogens is 150 g/mol. The van der Waals surface area contributed by atoms with Crippen LogP contribution in [-0.2, 0) is 0 Å². The van der Waals surface area contributed by atoms with E-state index in [1.807, 2.05) is 7.05 Å². The van der Waals surface area contributed by atoms with E-state index in [4.69, 9.17) is 0 Å². The average Bonchev–Trinajstić information content (AvgIpc) is 2.24. The second kappa shape index (κ2) is 2.71. The Morgan fingerprint density at radius 3 is 1.92 bits per heavy atom. The summed E-state index contributed by atoms with van der Waals surface area (Å²) in [6, 6.07) is 0. The molecule has 1 saturated carbocycles. The van der Waals surface area contributed by atoms with Gasteiger partial charge in [-0.1, -0.05) is 27.7 Å². The Labute approximate surface area is 75.4 Å². The van der Waals surface area contributed by atoms with E-state index < -0.39 is 0 Å². The second-order valence-corrected chi connectivity index (χ2v) is 5.05. The van der Waals surface area contributed by atoms with Gasteiger partial charge in [-0.25, -0.2) is 0 Å². The van der Waals surface area contributed by atoms with Gasteiger partial charge in [0.15, 0.2) is 0 Å². The molecule has 0 aromatic carbocycles. The molecule has 1 aliphatic rings. The summed E-state index contributed by atoms with van der Waals surface area (Å²) in [6.07, 6.45) is -0.194. The van der Waals surface area contributed by atoms with Crippen molar-refractivity contribution in [1.29, 1.82) is 0 Å². The zero-order chi connectivity index (χ0) is 9.57. The van der Waals surface area contributed by atoms with Crippen LogP contribution in [0.15, 0.2) is 0 Å². The number of nitrogens with one attached hydrogen (secondary N) is 1. The van der Waals surface area contributed by atoms with E-state index in [2.05, 4.69) is 33.0 Å². The van der Waals surface area contributed by atoms with Crippen molar-refractivity contribution in [2.75, 3.05) is 13.6 Å². The van der Waals surface area contributed by atoms with Crippen molar-refractivity contribution in [1.82, 2.24) is 5.32 Å². The van der Waals surface area contributed by atoms with Gasteiger partial charge in [-0.05, 0) is 23.8 Å². The molecule has 1 fully saturated rings. The van der Waals surface area contributed by atoms with Crippen LogP contribution in [0.2, 0.25) is 0 Å². The minimum atomic E-state index is -0.194. The van der Waals surface area contributed by atoms with Gasteiger partial charge < -0.3 is 10.4 Å². The molecule has 0 saturated heterocycles. The highest BCUT2D eigenvalue weighted by molar-refractivity contribution is 5.14. The fourth-order valence-electron chi connectivity index (χ4n) is 2.54. The number of hydrogen-bond donors (Lipinski definition) is 2. The number of rotatable bonds is 3. The van der Waals surface area contributed by atoms with Gasteiger partial charge in [0.1, 0.15) is 0 Å². The number of likely N-dealkylation sites (N-methyl/N-ethyl adjacent to an activating group) is 1. The van der Waals surface area contributed by atoms with Gasteiger partial charge in [0.25, 0.3) is 0 Å². The van der Waals surface area contributed by atoms with Crippen LogP contribution in [0.3, 0.4) is 0 Å². The standard InChI is InChI=1S/C10H21NO/c1-9(2)8(10(9,3)4)7(12)6-11-5/h7-8,11-12H,6H2,1-5H3. The van der Waals surface area contributed by atoms with Gasteiger partial charge in [-0.2, -0.15) is 0 Å². The van der Waals surface area contributed by atoms with Crippen molar-refractivity contribution >= 4 is 0 Å². The molecule has 0 aromatic heterocycles. The maximum Gasteiger partial charge on any atom is 0.0703 e. The average molecular weight is 171 g/mol. The summed E-state index contributed by atoms with van der Waals surface area (Å²) in [6.45, 7) is 9.64. The molecule has 2 heteroatoms. The minimum absolute atomic E-state index is 0.194. The SMILES string of the molecule is CNCC(O)C1C(C)(C)C1(C)C. The second-order valence-electron chi connectivity index (χ2n) is 5.05. The molecule has 0 amide bonds. The Balaban J connectivity index is 2.58. The van der Waals surface area contributed by atoms with Crippen molar-refractivity contribution in [3.63, 3.8) is 0 Å². The molecule has 2 N–H and O–H groups in total. The molecule has 1 aliphatic carbocycles. The Bertz CT molecular complexity index is 161.